The summed E-state index contributed by atoms with van der Waals surface area (Å²) in [6, 6.07) is 16.0. The standard InChI is InChI=1S/C21H26ClN3O3S/c1-17(18-5-3-2-4-6-18)23-21(26)11-12-24-13-15-25(16-14-24)29(27,28)20-9-7-19(22)8-10-20/h2-10,17H,11-16H2,1H3,(H,23,26). The number of amides is 1. The van der Waals surface area contributed by atoms with Gasteiger partial charge in [0.05, 0.1) is 10.9 Å². The number of halogens is 1. The number of carbonyl (C=O) groups excluding carboxylic acids is 1. The average Bonchev–Trinajstić information content (AvgIpc) is 2.73. The molecule has 29 heavy (non-hydrogen) atoms. The van der Waals surface area contributed by atoms with Crippen LogP contribution in [0.25, 0.3) is 0 Å². The Bertz CT molecular complexity index is 912. The molecule has 2 aromatic carbocycles. The van der Waals surface area contributed by atoms with Crippen molar-refractivity contribution in [3.05, 3.63) is 65.2 Å². The summed E-state index contributed by atoms with van der Waals surface area (Å²) in [6.07, 6.45) is 0.390. The Morgan fingerprint density at radius 2 is 1.66 bits per heavy atom. The van der Waals surface area contributed by atoms with Gasteiger partial charge in [-0.3, -0.25) is 4.79 Å². The van der Waals surface area contributed by atoms with Gasteiger partial charge < -0.3 is 10.2 Å². The van der Waals surface area contributed by atoms with Crippen LogP contribution in [0.1, 0.15) is 24.9 Å². The summed E-state index contributed by atoms with van der Waals surface area (Å²) in [5.41, 5.74) is 1.07. The van der Waals surface area contributed by atoms with Crippen LogP contribution in [0, 0.1) is 0 Å². The van der Waals surface area contributed by atoms with E-state index < -0.39 is 10.0 Å². The molecule has 1 amide bonds. The first-order chi connectivity index (χ1) is 13.9. The third-order valence-corrected chi connectivity index (χ3v) is 7.28. The van der Waals surface area contributed by atoms with Crippen LogP contribution in [-0.4, -0.2) is 56.3 Å². The zero-order valence-electron chi connectivity index (χ0n) is 16.4. The molecule has 0 saturated carbocycles. The molecule has 2 aromatic rings. The summed E-state index contributed by atoms with van der Waals surface area (Å²) in [4.78, 5) is 14.6. The highest BCUT2D eigenvalue weighted by Gasteiger charge is 2.28. The van der Waals surface area contributed by atoms with Crippen molar-refractivity contribution in [1.82, 2.24) is 14.5 Å². The number of sulfonamides is 1. The van der Waals surface area contributed by atoms with E-state index >= 15 is 0 Å². The van der Waals surface area contributed by atoms with Crippen molar-refractivity contribution >= 4 is 27.5 Å². The van der Waals surface area contributed by atoms with E-state index in [4.69, 9.17) is 11.6 Å². The van der Waals surface area contributed by atoms with Crippen molar-refractivity contribution in [2.24, 2.45) is 0 Å². The van der Waals surface area contributed by atoms with E-state index in [1.165, 1.54) is 16.4 Å². The molecule has 0 aliphatic carbocycles. The molecule has 1 fully saturated rings. The highest BCUT2D eigenvalue weighted by atomic mass is 35.5. The van der Waals surface area contributed by atoms with Gasteiger partial charge in [0.25, 0.3) is 0 Å². The molecule has 0 radical (unpaired) electrons. The number of carbonyl (C=O) groups is 1. The van der Waals surface area contributed by atoms with E-state index in [-0.39, 0.29) is 16.8 Å². The lowest BCUT2D eigenvalue weighted by molar-refractivity contribution is -0.122. The lowest BCUT2D eigenvalue weighted by atomic mass is 10.1. The van der Waals surface area contributed by atoms with Crippen molar-refractivity contribution < 1.29 is 13.2 Å². The fourth-order valence-electron chi connectivity index (χ4n) is 3.35. The first kappa shape index (κ1) is 21.8. The van der Waals surface area contributed by atoms with Gasteiger partial charge in [-0.15, -0.1) is 0 Å². The highest BCUT2D eigenvalue weighted by molar-refractivity contribution is 7.89. The second kappa shape index (κ2) is 9.71. The summed E-state index contributed by atoms with van der Waals surface area (Å²) < 4.78 is 26.9. The van der Waals surface area contributed by atoms with Crippen LogP contribution >= 0.6 is 11.6 Å². The summed E-state index contributed by atoms with van der Waals surface area (Å²) in [5, 5.41) is 3.52. The highest BCUT2D eigenvalue weighted by Crippen LogP contribution is 2.20. The number of nitrogens with zero attached hydrogens (tertiary/aromatic N) is 2. The molecule has 1 heterocycles. The zero-order valence-corrected chi connectivity index (χ0v) is 18.0. The van der Waals surface area contributed by atoms with E-state index in [0.717, 1.165) is 5.56 Å². The van der Waals surface area contributed by atoms with Crippen LogP contribution in [0.4, 0.5) is 0 Å². The molecular weight excluding hydrogens is 410 g/mol. The first-order valence-corrected chi connectivity index (χ1v) is 11.5. The van der Waals surface area contributed by atoms with E-state index in [1.54, 1.807) is 12.1 Å². The molecule has 1 aliphatic heterocycles. The number of rotatable bonds is 7. The Labute approximate surface area is 177 Å². The molecule has 1 unspecified atom stereocenters. The first-order valence-electron chi connectivity index (χ1n) is 9.68. The van der Waals surface area contributed by atoms with Gasteiger partial charge in [-0.05, 0) is 36.8 Å². The number of hydrogen-bond donors (Lipinski definition) is 1. The summed E-state index contributed by atoms with van der Waals surface area (Å²) >= 11 is 5.85. The fourth-order valence-corrected chi connectivity index (χ4v) is 4.90. The van der Waals surface area contributed by atoms with E-state index in [0.29, 0.717) is 44.2 Å². The molecule has 0 bridgehead atoms. The number of benzene rings is 2. The Morgan fingerprint density at radius 1 is 1.03 bits per heavy atom. The lowest BCUT2D eigenvalue weighted by Gasteiger charge is -2.33. The predicted molar refractivity (Wildman–Crippen MR) is 114 cm³/mol. The Hall–Kier alpha value is -1.93. The molecule has 0 spiro atoms. The quantitative estimate of drug-likeness (QED) is 0.726. The molecule has 3 rings (SSSR count). The maximum atomic E-state index is 12.7. The normalized spacial score (nSPS) is 17.0. The Kier molecular flexibility index (Phi) is 7.29. The summed E-state index contributed by atoms with van der Waals surface area (Å²) in [6.45, 7) is 4.61. The van der Waals surface area contributed by atoms with Gasteiger partial charge in [-0.1, -0.05) is 41.9 Å². The van der Waals surface area contributed by atoms with Crippen molar-refractivity contribution in [3.63, 3.8) is 0 Å². The van der Waals surface area contributed by atoms with Gasteiger partial charge in [0.15, 0.2) is 0 Å². The van der Waals surface area contributed by atoms with E-state index in [2.05, 4.69) is 10.2 Å². The largest absolute Gasteiger partial charge is 0.350 e. The smallest absolute Gasteiger partial charge is 0.243 e. The third kappa shape index (κ3) is 5.79. The van der Waals surface area contributed by atoms with Crippen molar-refractivity contribution in [2.75, 3.05) is 32.7 Å². The maximum Gasteiger partial charge on any atom is 0.243 e. The van der Waals surface area contributed by atoms with Crippen LogP contribution in [0.3, 0.4) is 0 Å². The van der Waals surface area contributed by atoms with Crippen LogP contribution in [-0.2, 0) is 14.8 Å². The Balaban J connectivity index is 1.45. The SMILES string of the molecule is CC(NC(=O)CCN1CCN(S(=O)(=O)c2ccc(Cl)cc2)CC1)c1ccccc1. The second-order valence-corrected chi connectivity index (χ2v) is 9.52. The van der Waals surface area contributed by atoms with Crippen LogP contribution in [0.15, 0.2) is 59.5 Å². The minimum atomic E-state index is -3.51. The third-order valence-electron chi connectivity index (χ3n) is 5.11. The molecule has 156 valence electrons. The molecule has 1 N–H and O–H groups in total. The van der Waals surface area contributed by atoms with Crippen molar-refractivity contribution in [1.29, 1.82) is 0 Å². The minimum Gasteiger partial charge on any atom is -0.350 e. The summed E-state index contributed by atoms with van der Waals surface area (Å²) in [7, 11) is -3.51. The maximum absolute atomic E-state index is 12.7. The topological polar surface area (TPSA) is 69.7 Å². The molecule has 1 saturated heterocycles. The Morgan fingerprint density at radius 3 is 2.28 bits per heavy atom. The van der Waals surface area contributed by atoms with Crippen LogP contribution < -0.4 is 5.32 Å². The van der Waals surface area contributed by atoms with Gasteiger partial charge >= 0.3 is 0 Å². The lowest BCUT2D eigenvalue weighted by Crippen LogP contribution is -2.49. The number of piperazine rings is 1. The number of nitrogens with one attached hydrogen (secondary N) is 1. The molecule has 1 aliphatic rings. The fraction of sp³-hybridized carbons (Fsp3) is 0.381. The van der Waals surface area contributed by atoms with Crippen LogP contribution in [0.5, 0.6) is 0 Å². The van der Waals surface area contributed by atoms with Gasteiger partial charge in [0.1, 0.15) is 0 Å². The molecule has 6 nitrogen and oxygen atoms in total. The van der Waals surface area contributed by atoms with Crippen molar-refractivity contribution in [2.45, 2.75) is 24.3 Å². The predicted octanol–water partition coefficient (Wildman–Crippen LogP) is 2.91. The molecule has 8 heteroatoms. The molecular formula is C21H26ClN3O3S. The monoisotopic (exact) mass is 435 g/mol. The van der Waals surface area contributed by atoms with Gasteiger partial charge in [-0.2, -0.15) is 4.31 Å². The van der Waals surface area contributed by atoms with Crippen molar-refractivity contribution in [3.8, 4) is 0 Å². The van der Waals surface area contributed by atoms with E-state index in [9.17, 15) is 13.2 Å². The minimum absolute atomic E-state index is 0.00225. The van der Waals surface area contributed by atoms with Crippen LogP contribution in [0.2, 0.25) is 5.02 Å². The zero-order chi connectivity index (χ0) is 20.9. The summed E-state index contributed by atoms with van der Waals surface area (Å²) in [5.74, 6) is -0.00225. The van der Waals surface area contributed by atoms with E-state index in [1.807, 2.05) is 37.3 Å². The molecule has 0 aromatic heterocycles. The van der Waals surface area contributed by atoms with Gasteiger partial charge in [0.2, 0.25) is 15.9 Å². The average molecular weight is 436 g/mol. The molecule has 1 atom stereocenters. The van der Waals surface area contributed by atoms with Gasteiger partial charge in [0, 0.05) is 44.2 Å². The number of hydrogen-bond acceptors (Lipinski definition) is 4. The second-order valence-electron chi connectivity index (χ2n) is 7.15. The van der Waals surface area contributed by atoms with Gasteiger partial charge in [-0.25, -0.2) is 8.42 Å².